The zero-order valence-corrected chi connectivity index (χ0v) is 13.8. The number of amides is 1. The molecule has 1 aliphatic heterocycles. The fraction of sp³-hybridized carbons (Fsp3) is 0.421. The van der Waals surface area contributed by atoms with Crippen LogP contribution in [-0.4, -0.2) is 36.6 Å². The summed E-state index contributed by atoms with van der Waals surface area (Å²) >= 11 is 0. The van der Waals surface area contributed by atoms with Crippen molar-refractivity contribution < 1.29 is 13.9 Å². The molecule has 3 rings (SSSR count). The standard InChI is InChI=1S/C19H24N2O3/c22-19(13-20-12-17-8-4-10-23-17)21(15-18-9-5-11-24-18)14-16-6-2-1-3-7-16/h1-3,5-7,9,11,17,20H,4,8,10,12-15H2/t17-/m1/s1. The summed E-state index contributed by atoms with van der Waals surface area (Å²) in [7, 11) is 0. The molecule has 0 bridgehead atoms. The molecular weight excluding hydrogens is 304 g/mol. The first-order chi connectivity index (χ1) is 11.8. The number of carbonyl (C=O) groups is 1. The van der Waals surface area contributed by atoms with Crippen LogP contribution in [0.15, 0.2) is 53.1 Å². The Hall–Kier alpha value is -2.11. The second-order valence-electron chi connectivity index (χ2n) is 6.08. The number of nitrogens with zero attached hydrogens (tertiary/aromatic N) is 1. The molecule has 1 saturated heterocycles. The third-order valence-electron chi connectivity index (χ3n) is 4.17. The molecule has 128 valence electrons. The van der Waals surface area contributed by atoms with E-state index < -0.39 is 0 Å². The summed E-state index contributed by atoms with van der Waals surface area (Å²) in [5, 5.41) is 3.23. The summed E-state index contributed by atoms with van der Waals surface area (Å²) in [6.45, 7) is 2.92. The van der Waals surface area contributed by atoms with Crippen molar-refractivity contribution in [2.75, 3.05) is 19.7 Å². The molecule has 1 amide bonds. The van der Waals surface area contributed by atoms with E-state index in [-0.39, 0.29) is 12.0 Å². The van der Waals surface area contributed by atoms with Crippen molar-refractivity contribution in [1.82, 2.24) is 10.2 Å². The molecule has 2 aromatic rings. The molecule has 24 heavy (non-hydrogen) atoms. The van der Waals surface area contributed by atoms with E-state index in [1.807, 2.05) is 47.4 Å². The van der Waals surface area contributed by atoms with Gasteiger partial charge in [0.05, 0.1) is 25.5 Å². The Labute approximate surface area is 142 Å². The maximum atomic E-state index is 12.6. The van der Waals surface area contributed by atoms with Crippen LogP contribution in [0.5, 0.6) is 0 Å². The van der Waals surface area contributed by atoms with Crippen LogP contribution in [0, 0.1) is 0 Å². The lowest BCUT2D eigenvalue weighted by Gasteiger charge is -2.22. The maximum Gasteiger partial charge on any atom is 0.237 e. The van der Waals surface area contributed by atoms with Crippen LogP contribution in [0.1, 0.15) is 24.2 Å². The van der Waals surface area contributed by atoms with Gasteiger partial charge in [-0.05, 0) is 30.5 Å². The quantitative estimate of drug-likeness (QED) is 0.809. The van der Waals surface area contributed by atoms with Crippen molar-refractivity contribution in [2.24, 2.45) is 0 Å². The van der Waals surface area contributed by atoms with Crippen molar-refractivity contribution in [3.8, 4) is 0 Å². The van der Waals surface area contributed by atoms with Gasteiger partial charge in [0, 0.05) is 19.7 Å². The number of carbonyl (C=O) groups excluding carboxylic acids is 1. The van der Waals surface area contributed by atoms with Gasteiger partial charge in [0.15, 0.2) is 0 Å². The lowest BCUT2D eigenvalue weighted by Crippen LogP contribution is -2.39. The molecule has 1 aromatic carbocycles. The minimum atomic E-state index is 0.0632. The molecule has 0 unspecified atom stereocenters. The number of rotatable bonds is 8. The zero-order chi connectivity index (χ0) is 16.6. The summed E-state index contributed by atoms with van der Waals surface area (Å²) in [6, 6.07) is 13.7. The number of hydrogen-bond donors (Lipinski definition) is 1. The maximum absolute atomic E-state index is 12.6. The average Bonchev–Trinajstić information content (AvgIpc) is 3.29. The monoisotopic (exact) mass is 328 g/mol. The molecule has 0 spiro atoms. The molecule has 1 fully saturated rings. The van der Waals surface area contributed by atoms with E-state index in [0.717, 1.165) is 37.3 Å². The second kappa shape index (κ2) is 8.66. The molecule has 0 saturated carbocycles. The lowest BCUT2D eigenvalue weighted by molar-refractivity contribution is -0.131. The molecule has 1 aliphatic rings. The molecule has 5 nitrogen and oxygen atoms in total. The van der Waals surface area contributed by atoms with Gasteiger partial charge in [-0.3, -0.25) is 4.79 Å². The van der Waals surface area contributed by atoms with Gasteiger partial charge in [0.2, 0.25) is 5.91 Å². The first-order valence-electron chi connectivity index (χ1n) is 8.47. The highest BCUT2D eigenvalue weighted by Gasteiger charge is 2.18. The largest absolute Gasteiger partial charge is 0.467 e. The van der Waals surface area contributed by atoms with Crippen LogP contribution >= 0.6 is 0 Å². The molecule has 0 aliphatic carbocycles. The Morgan fingerprint density at radius 2 is 2.04 bits per heavy atom. The van der Waals surface area contributed by atoms with Crippen molar-refractivity contribution in [1.29, 1.82) is 0 Å². The van der Waals surface area contributed by atoms with Crippen molar-refractivity contribution in [3.05, 3.63) is 60.1 Å². The highest BCUT2D eigenvalue weighted by molar-refractivity contribution is 5.78. The van der Waals surface area contributed by atoms with Gasteiger partial charge >= 0.3 is 0 Å². The first-order valence-corrected chi connectivity index (χ1v) is 8.47. The van der Waals surface area contributed by atoms with E-state index in [9.17, 15) is 4.79 Å². The van der Waals surface area contributed by atoms with Crippen molar-refractivity contribution in [2.45, 2.75) is 32.0 Å². The number of ether oxygens (including phenoxy) is 1. The van der Waals surface area contributed by atoms with Crippen LogP contribution in [0.25, 0.3) is 0 Å². The van der Waals surface area contributed by atoms with E-state index in [1.54, 1.807) is 6.26 Å². The van der Waals surface area contributed by atoms with Gasteiger partial charge in [-0.25, -0.2) is 0 Å². The molecule has 5 heteroatoms. The first kappa shape index (κ1) is 16.7. The molecule has 1 aromatic heterocycles. The van der Waals surface area contributed by atoms with Gasteiger partial charge in [-0.1, -0.05) is 30.3 Å². The fourth-order valence-electron chi connectivity index (χ4n) is 2.88. The summed E-state index contributed by atoms with van der Waals surface area (Å²) in [5.74, 6) is 0.853. The fourth-order valence-corrected chi connectivity index (χ4v) is 2.88. The van der Waals surface area contributed by atoms with Gasteiger partial charge in [0.25, 0.3) is 0 Å². The Balaban J connectivity index is 1.56. The van der Waals surface area contributed by atoms with Gasteiger partial charge < -0.3 is 19.4 Å². The normalized spacial score (nSPS) is 17.1. The smallest absolute Gasteiger partial charge is 0.237 e. The second-order valence-corrected chi connectivity index (χ2v) is 6.08. The predicted molar refractivity (Wildman–Crippen MR) is 91.2 cm³/mol. The predicted octanol–water partition coefficient (Wildman–Crippen LogP) is 2.58. The minimum absolute atomic E-state index is 0.0632. The number of furan rings is 1. The van der Waals surface area contributed by atoms with E-state index in [4.69, 9.17) is 9.15 Å². The molecular formula is C19H24N2O3. The van der Waals surface area contributed by atoms with Crippen LogP contribution in [0.4, 0.5) is 0 Å². The summed E-state index contributed by atoms with van der Waals surface area (Å²) in [4.78, 5) is 14.4. The molecule has 1 atom stereocenters. The molecule has 0 radical (unpaired) electrons. The number of hydrogen-bond acceptors (Lipinski definition) is 4. The van der Waals surface area contributed by atoms with E-state index in [1.165, 1.54) is 0 Å². The van der Waals surface area contributed by atoms with Crippen LogP contribution in [-0.2, 0) is 22.6 Å². The van der Waals surface area contributed by atoms with Crippen LogP contribution < -0.4 is 5.32 Å². The average molecular weight is 328 g/mol. The minimum Gasteiger partial charge on any atom is -0.467 e. The van der Waals surface area contributed by atoms with Crippen LogP contribution in [0.2, 0.25) is 0 Å². The number of nitrogens with one attached hydrogen (secondary N) is 1. The van der Waals surface area contributed by atoms with Gasteiger partial charge in [0.1, 0.15) is 5.76 Å². The third-order valence-corrected chi connectivity index (χ3v) is 4.17. The summed E-state index contributed by atoms with van der Waals surface area (Å²) in [5.41, 5.74) is 1.11. The van der Waals surface area contributed by atoms with Gasteiger partial charge in [-0.15, -0.1) is 0 Å². The SMILES string of the molecule is O=C(CNC[C@H]1CCCO1)N(Cc1ccccc1)Cc1ccco1. The Morgan fingerprint density at radius 3 is 2.75 bits per heavy atom. The van der Waals surface area contributed by atoms with Gasteiger partial charge in [-0.2, -0.15) is 0 Å². The number of benzene rings is 1. The Morgan fingerprint density at radius 1 is 1.17 bits per heavy atom. The van der Waals surface area contributed by atoms with Crippen molar-refractivity contribution in [3.63, 3.8) is 0 Å². The van der Waals surface area contributed by atoms with E-state index in [2.05, 4.69) is 5.32 Å². The Kier molecular flexibility index (Phi) is 6.04. The Bertz CT molecular complexity index is 607. The van der Waals surface area contributed by atoms with E-state index in [0.29, 0.717) is 19.6 Å². The highest BCUT2D eigenvalue weighted by Crippen LogP contribution is 2.12. The van der Waals surface area contributed by atoms with Crippen molar-refractivity contribution >= 4 is 5.91 Å². The lowest BCUT2D eigenvalue weighted by atomic mass is 10.2. The summed E-state index contributed by atoms with van der Waals surface area (Å²) < 4.78 is 11.0. The molecule has 1 N–H and O–H groups in total. The van der Waals surface area contributed by atoms with Crippen LogP contribution in [0.3, 0.4) is 0 Å². The topological polar surface area (TPSA) is 54.7 Å². The zero-order valence-electron chi connectivity index (χ0n) is 13.8. The summed E-state index contributed by atoms with van der Waals surface area (Å²) in [6.07, 6.45) is 4.06. The third kappa shape index (κ3) is 4.94. The highest BCUT2D eigenvalue weighted by atomic mass is 16.5. The van der Waals surface area contributed by atoms with E-state index >= 15 is 0 Å². The molecule has 2 heterocycles.